The lowest BCUT2D eigenvalue weighted by molar-refractivity contribution is -0.139. The van der Waals surface area contributed by atoms with Gasteiger partial charge in [-0.15, -0.1) is 0 Å². The first-order valence-corrected chi connectivity index (χ1v) is 12.3. The van der Waals surface area contributed by atoms with Crippen molar-refractivity contribution < 1.29 is 9.59 Å². The van der Waals surface area contributed by atoms with E-state index in [0.29, 0.717) is 6.42 Å². The highest BCUT2D eigenvalue weighted by molar-refractivity contribution is 5.91. The van der Waals surface area contributed by atoms with Crippen LogP contribution in [0.25, 0.3) is 0 Å². The highest BCUT2D eigenvalue weighted by Crippen LogP contribution is 2.46. The van der Waals surface area contributed by atoms with Gasteiger partial charge in [-0.3, -0.25) is 9.59 Å². The Morgan fingerprint density at radius 1 is 1.03 bits per heavy atom. The summed E-state index contributed by atoms with van der Waals surface area (Å²) in [6, 6.07) is 18.5. The predicted molar refractivity (Wildman–Crippen MR) is 132 cm³/mol. The normalized spacial score (nSPS) is 18.1. The maximum Gasteiger partial charge on any atom is 0.245 e. The number of likely N-dealkylation sites (tertiary alicyclic amines) is 1. The van der Waals surface area contributed by atoms with Crippen molar-refractivity contribution in [2.45, 2.75) is 75.8 Å². The van der Waals surface area contributed by atoms with Crippen molar-refractivity contribution in [3.05, 3.63) is 71.3 Å². The summed E-state index contributed by atoms with van der Waals surface area (Å²) >= 11 is 0. The first-order valence-electron chi connectivity index (χ1n) is 12.3. The van der Waals surface area contributed by atoms with Crippen LogP contribution in [0.2, 0.25) is 0 Å². The number of nitrogens with zero attached hydrogens (tertiary/aromatic N) is 1. The molecule has 33 heavy (non-hydrogen) atoms. The third-order valence-corrected chi connectivity index (χ3v) is 7.48. The molecule has 0 radical (unpaired) electrons. The topological polar surface area (TPSA) is 75.4 Å². The van der Waals surface area contributed by atoms with Gasteiger partial charge in [0.2, 0.25) is 11.8 Å². The van der Waals surface area contributed by atoms with E-state index >= 15 is 0 Å². The number of nitrogens with two attached hydrogens (primary N) is 1. The quantitative estimate of drug-likeness (QED) is 0.679. The monoisotopic (exact) mass is 447 g/mol. The van der Waals surface area contributed by atoms with Crippen LogP contribution in [0.15, 0.2) is 54.6 Å². The molecule has 0 bridgehead atoms. The standard InChI is InChI=1S/C28H37N3O2/c1-27(2,29)26(33)30-24(14-8-11-21-9-4-3-5-10-21)25(32)31-19-17-28(18-20-31)16-15-22-12-6-7-13-23(22)28/h3-7,9-10,12-13,24H,8,11,14-20,29H2,1-2H3,(H,30,33). The van der Waals surface area contributed by atoms with Crippen LogP contribution < -0.4 is 11.1 Å². The number of hydrogen-bond donors (Lipinski definition) is 2. The van der Waals surface area contributed by atoms with E-state index in [2.05, 4.69) is 41.7 Å². The SMILES string of the molecule is CC(C)(N)C(=O)NC(CCCc1ccccc1)C(=O)N1CCC2(CCc3ccccc32)CC1. The Bertz CT molecular complexity index is 972. The van der Waals surface area contributed by atoms with Gasteiger partial charge in [0.1, 0.15) is 6.04 Å². The van der Waals surface area contributed by atoms with Gasteiger partial charge in [0.25, 0.3) is 0 Å². The molecule has 1 saturated heterocycles. The number of rotatable bonds is 7. The molecule has 2 aliphatic rings. The van der Waals surface area contributed by atoms with Gasteiger partial charge >= 0.3 is 0 Å². The average Bonchev–Trinajstić information content (AvgIpc) is 3.16. The maximum atomic E-state index is 13.5. The Labute approximate surface area is 197 Å². The molecule has 1 aliphatic heterocycles. The van der Waals surface area contributed by atoms with Crippen LogP contribution in [0.3, 0.4) is 0 Å². The van der Waals surface area contributed by atoms with Crippen molar-refractivity contribution in [3.63, 3.8) is 0 Å². The van der Waals surface area contributed by atoms with Gasteiger partial charge in [0.15, 0.2) is 0 Å². The Balaban J connectivity index is 1.40. The number of nitrogens with one attached hydrogen (secondary N) is 1. The zero-order valence-corrected chi connectivity index (χ0v) is 20.0. The van der Waals surface area contributed by atoms with Crippen LogP contribution in [0.5, 0.6) is 0 Å². The zero-order valence-electron chi connectivity index (χ0n) is 20.0. The number of carbonyl (C=O) groups is 2. The van der Waals surface area contributed by atoms with Gasteiger partial charge in [-0.05, 0) is 80.9 Å². The fourth-order valence-electron chi connectivity index (χ4n) is 5.42. The maximum absolute atomic E-state index is 13.5. The van der Waals surface area contributed by atoms with E-state index < -0.39 is 11.6 Å². The molecule has 1 atom stereocenters. The molecular weight excluding hydrogens is 410 g/mol. The molecule has 2 amide bonds. The molecule has 1 fully saturated rings. The summed E-state index contributed by atoms with van der Waals surface area (Å²) in [5.41, 5.74) is 9.39. The smallest absolute Gasteiger partial charge is 0.245 e. The van der Waals surface area contributed by atoms with E-state index in [-0.39, 0.29) is 17.2 Å². The fraction of sp³-hybridized carbons (Fsp3) is 0.500. The van der Waals surface area contributed by atoms with E-state index in [0.717, 1.165) is 45.2 Å². The largest absolute Gasteiger partial charge is 0.343 e. The molecule has 1 spiro atoms. The summed E-state index contributed by atoms with van der Waals surface area (Å²) in [4.78, 5) is 28.1. The Hall–Kier alpha value is -2.66. The Morgan fingerprint density at radius 3 is 2.39 bits per heavy atom. The molecule has 4 rings (SSSR count). The third-order valence-electron chi connectivity index (χ3n) is 7.48. The molecule has 1 heterocycles. The second-order valence-corrected chi connectivity index (χ2v) is 10.4. The predicted octanol–water partition coefficient (Wildman–Crippen LogP) is 3.74. The Kier molecular flexibility index (Phi) is 6.89. The molecule has 3 N–H and O–H groups in total. The molecule has 0 aromatic heterocycles. The van der Waals surface area contributed by atoms with E-state index in [9.17, 15) is 9.59 Å². The number of hydrogen-bond acceptors (Lipinski definition) is 3. The zero-order chi connectivity index (χ0) is 23.5. The van der Waals surface area contributed by atoms with Gasteiger partial charge in [0.05, 0.1) is 5.54 Å². The van der Waals surface area contributed by atoms with Crippen LogP contribution in [0.4, 0.5) is 0 Å². The second-order valence-electron chi connectivity index (χ2n) is 10.4. The minimum Gasteiger partial charge on any atom is -0.343 e. The first kappa shape index (κ1) is 23.5. The van der Waals surface area contributed by atoms with Crippen molar-refractivity contribution in [3.8, 4) is 0 Å². The van der Waals surface area contributed by atoms with E-state index in [1.807, 2.05) is 23.1 Å². The summed E-state index contributed by atoms with van der Waals surface area (Å²) in [5.74, 6) is -0.249. The molecular formula is C28H37N3O2. The highest BCUT2D eigenvalue weighted by atomic mass is 16.2. The minimum atomic E-state index is -1.02. The van der Waals surface area contributed by atoms with E-state index in [4.69, 9.17) is 5.73 Å². The molecule has 1 aliphatic carbocycles. The molecule has 5 heteroatoms. The van der Waals surface area contributed by atoms with Crippen LogP contribution in [-0.4, -0.2) is 41.4 Å². The lowest BCUT2D eigenvalue weighted by atomic mass is 9.74. The number of benzene rings is 2. The van der Waals surface area contributed by atoms with Crippen molar-refractivity contribution in [2.75, 3.05) is 13.1 Å². The summed E-state index contributed by atoms with van der Waals surface area (Å²) < 4.78 is 0. The molecule has 2 aromatic rings. The molecule has 1 unspecified atom stereocenters. The molecule has 176 valence electrons. The van der Waals surface area contributed by atoms with Gasteiger partial charge in [0, 0.05) is 13.1 Å². The molecule has 2 aromatic carbocycles. The van der Waals surface area contributed by atoms with E-state index in [1.54, 1.807) is 13.8 Å². The number of amides is 2. The van der Waals surface area contributed by atoms with Crippen LogP contribution in [-0.2, 0) is 27.8 Å². The summed E-state index contributed by atoms with van der Waals surface area (Å²) in [6.45, 7) is 4.83. The third kappa shape index (κ3) is 5.30. The molecule has 0 saturated carbocycles. The van der Waals surface area contributed by atoms with Gasteiger partial charge in [-0.1, -0.05) is 54.6 Å². The van der Waals surface area contributed by atoms with Gasteiger partial charge < -0.3 is 16.0 Å². The van der Waals surface area contributed by atoms with E-state index in [1.165, 1.54) is 23.1 Å². The van der Waals surface area contributed by atoms with Crippen LogP contribution >= 0.6 is 0 Å². The number of piperidine rings is 1. The lowest BCUT2D eigenvalue weighted by Crippen LogP contribution is -2.57. The summed E-state index contributed by atoms with van der Waals surface area (Å²) in [7, 11) is 0. The highest BCUT2D eigenvalue weighted by Gasteiger charge is 2.42. The van der Waals surface area contributed by atoms with Crippen molar-refractivity contribution in [1.29, 1.82) is 0 Å². The van der Waals surface area contributed by atoms with Gasteiger partial charge in [-0.25, -0.2) is 0 Å². The van der Waals surface area contributed by atoms with Crippen molar-refractivity contribution >= 4 is 11.8 Å². The Morgan fingerprint density at radius 2 is 1.70 bits per heavy atom. The van der Waals surface area contributed by atoms with Crippen LogP contribution in [0, 0.1) is 0 Å². The summed E-state index contributed by atoms with van der Waals surface area (Å²) in [6.07, 6.45) is 6.61. The minimum absolute atomic E-state index is 0.0294. The number of fused-ring (bicyclic) bond motifs is 2. The van der Waals surface area contributed by atoms with Crippen molar-refractivity contribution in [1.82, 2.24) is 10.2 Å². The van der Waals surface area contributed by atoms with Crippen LogP contribution in [0.1, 0.15) is 62.6 Å². The average molecular weight is 448 g/mol. The number of carbonyl (C=O) groups excluding carboxylic acids is 2. The summed E-state index contributed by atoms with van der Waals surface area (Å²) in [5, 5.41) is 2.96. The second kappa shape index (κ2) is 9.68. The van der Waals surface area contributed by atoms with Crippen molar-refractivity contribution in [2.24, 2.45) is 5.73 Å². The lowest BCUT2D eigenvalue weighted by Gasteiger charge is -2.41. The first-order chi connectivity index (χ1) is 15.8. The van der Waals surface area contributed by atoms with Gasteiger partial charge in [-0.2, -0.15) is 0 Å². The number of aryl methyl sites for hydroxylation is 2. The fourth-order valence-corrected chi connectivity index (χ4v) is 5.42. The molecule has 5 nitrogen and oxygen atoms in total.